The summed E-state index contributed by atoms with van der Waals surface area (Å²) in [4.78, 5) is 21.0. The monoisotopic (exact) mass is 185 g/mol. The van der Waals surface area contributed by atoms with Crippen LogP contribution in [0.1, 0.15) is 32.6 Å². The van der Waals surface area contributed by atoms with Gasteiger partial charge in [-0.2, -0.15) is 0 Å². The Morgan fingerprint density at radius 3 is 2.62 bits per heavy atom. The highest BCUT2D eigenvalue weighted by atomic mass is 16.4. The lowest BCUT2D eigenvalue weighted by Crippen LogP contribution is -2.41. The molecule has 0 saturated heterocycles. The molecular formula is C9H15NO3. The molecule has 4 heteroatoms. The number of rotatable bonds is 1. The summed E-state index contributed by atoms with van der Waals surface area (Å²) in [7, 11) is 0. The molecule has 1 amide bonds. The van der Waals surface area contributed by atoms with E-state index in [0.29, 0.717) is 5.92 Å². The summed E-state index contributed by atoms with van der Waals surface area (Å²) in [6, 6.07) is 0.0624. The van der Waals surface area contributed by atoms with Crippen LogP contribution < -0.4 is 5.32 Å². The predicted octanol–water partition coefficient (Wildman–Crippen LogP) is 0.766. The number of carbonyl (C=O) groups excluding carboxylic acids is 1. The third-order valence-corrected chi connectivity index (χ3v) is 2.47. The zero-order valence-corrected chi connectivity index (χ0v) is 7.75. The van der Waals surface area contributed by atoms with Crippen molar-refractivity contribution in [2.75, 3.05) is 0 Å². The van der Waals surface area contributed by atoms with Crippen LogP contribution in [-0.4, -0.2) is 23.0 Å². The van der Waals surface area contributed by atoms with Crippen molar-refractivity contribution in [3.8, 4) is 0 Å². The van der Waals surface area contributed by atoms with Gasteiger partial charge in [-0.05, 0) is 18.8 Å². The molecule has 0 aliphatic heterocycles. The van der Waals surface area contributed by atoms with E-state index < -0.39 is 11.9 Å². The van der Waals surface area contributed by atoms with Gasteiger partial charge in [0.2, 0.25) is 0 Å². The standard InChI is InChI=1S/C9H15NO3/c1-6-3-2-4-7(5-6)10-8(11)9(12)13/h6-7H,2-5H2,1H3,(H,10,11)(H,12,13). The molecule has 1 aliphatic rings. The van der Waals surface area contributed by atoms with Crippen LogP contribution >= 0.6 is 0 Å². The minimum atomic E-state index is -1.39. The number of nitrogens with one attached hydrogen (secondary N) is 1. The fourth-order valence-corrected chi connectivity index (χ4v) is 1.81. The Labute approximate surface area is 77.3 Å². The number of carboxylic acids is 1. The lowest BCUT2D eigenvalue weighted by atomic mass is 9.87. The van der Waals surface area contributed by atoms with Crippen LogP contribution in [0.2, 0.25) is 0 Å². The molecule has 0 aromatic heterocycles. The first-order chi connectivity index (χ1) is 6.09. The first-order valence-electron chi connectivity index (χ1n) is 4.63. The fraction of sp³-hybridized carbons (Fsp3) is 0.778. The van der Waals surface area contributed by atoms with Gasteiger partial charge in [-0.25, -0.2) is 4.79 Å². The summed E-state index contributed by atoms with van der Waals surface area (Å²) in [6.07, 6.45) is 4.06. The lowest BCUT2D eigenvalue weighted by molar-refractivity contribution is -0.150. The van der Waals surface area contributed by atoms with E-state index in [0.717, 1.165) is 19.3 Å². The normalized spacial score (nSPS) is 28.1. The first-order valence-corrected chi connectivity index (χ1v) is 4.63. The molecule has 0 radical (unpaired) electrons. The molecule has 13 heavy (non-hydrogen) atoms. The SMILES string of the molecule is CC1CCCC(NC(=O)C(=O)O)C1. The molecule has 1 aliphatic carbocycles. The summed E-state index contributed by atoms with van der Waals surface area (Å²) in [5.41, 5.74) is 0. The van der Waals surface area contributed by atoms with Gasteiger partial charge in [0, 0.05) is 6.04 Å². The second kappa shape index (κ2) is 4.25. The van der Waals surface area contributed by atoms with Crippen molar-refractivity contribution in [2.45, 2.75) is 38.6 Å². The second-order valence-corrected chi connectivity index (χ2v) is 3.75. The van der Waals surface area contributed by atoms with Crippen LogP contribution in [0, 0.1) is 5.92 Å². The molecule has 0 heterocycles. The zero-order valence-electron chi connectivity index (χ0n) is 7.75. The maximum Gasteiger partial charge on any atom is 0.394 e. The Hall–Kier alpha value is -1.06. The molecule has 2 unspecified atom stereocenters. The van der Waals surface area contributed by atoms with Crippen molar-refractivity contribution in [2.24, 2.45) is 5.92 Å². The molecule has 0 spiro atoms. The number of amides is 1. The van der Waals surface area contributed by atoms with Gasteiger partial charge in [0.1, 0.15) is 0 Å². The maximum absolute atomic E-state index is 10.8. The Morgan fingerprint density at radius 1 is 1.38 bits per heavy atom. The average molecular weight is 185 g/mol. The summed E-state index contributed by atoms with van der Waals surface area (Å²) >= 11 is 0. The lowest BCUT2D eigenvalue weighted by Gasteiger charge is -2.26. The van der Waals surface area contributed by atoms with E-state index in [4.69, 9.17) is 5.11 Å². The summed E-state index contributed by atoms with van der Waals surface area (Å²) in [6.45, 7) is 2.12. The Balaban J connectivity index is 2.36. The number of carbonyl (C=O) groups is 2. The quantitative estimate of drug-likeness (QED) is 0.593. The van der Waals surface area contributed by atoms with Crippen LogP contribution in [0.15, 0.2) is 0 Å². The van der Waals surface area contributed by atoms with Crippen molar-refractivity contribution < 1.29 is 14.7 Å². The molecule has 0 aromatic carbocycles. The molecule has 4 nitrogen and oxygen atoms in total. The number of hydrogen-bond acceptors (Lipinski definition) is 2. The van der Waals surface area contributed by atoms with E-state index >= 15 is 0 Å². The van der Waals surface area contributed by atoms with Crippen molar-refractivity contribution in [1.29, 1.82) is 0 Å². The van der Waals surface area contributed by atoms with Gasteiger partial charge >= 0.3 is 11.9 Å². The van der Waals surface area contributed by atoms with Crippen molar-refractivity contribution >= 4 is 11.9 Å². The van der Waals surface area contributed by atoms with Gasteiger partial charge in [0.15, 0.2) is 0 Å². The van der Waals surface area contributed by atoms with E-state index in [1.807, 2.05) is 0 Å². The predicted molar refractivity (Wildman–Crippen MR) is 47.2 cm³/mol. The third kappa shape index (κ3) is 3.05. The van der Waals surface area contributed by atoms with Gasteiger partial charge in [-0.3, -0.25) is 4.79 Å². The molecule has 1 fully saturated rings. The highest BCUT2D eigenvalue weighted by Gasteiger charge is 2.22. The van der Waals surface area contributed by atoms with Gasteiger partial charge in [-0.1, -0.05) is 19.8 Å². The number of hydrogen-bond donors (Lipinski definition) is 2. The van der Waals surface area contributed by atoms with E-state index in [1.54, 1.807) is 0 Å². The number of carboxylic acid groups (broad SMARTS) is 1. The Bertz CT molecular complexity index is 215. The zero-order chi connectivity index (χ0) is 9.84. The third-order valence-electron chi connectivity index (χ3n) is 2.47. The van der Waals surface area contributed by atoms with Crippen molar-refractivity contribution in [1.82, 2.24) is 5.32 Å². The van der Waals surface area contributed by atoms with Gasteiger partial charge < -0.3 is 10.4 Å². The Morgan fingerprint density at radius 2 is 2.08 bits per heavy atom. The van der Waals surface area contributed by atoms with Gasteiger partial charge in [-0.15, -0.1) is 0 Å². The highest BCUT2D eigenvalue weighted by Crippen LogP contribution is 2.23. The van der Waals surface area contributed by atoms with Gasteiger partial charge in [0.25, 0.3) is 0 Å². The van der Waals surface area contributed by atoms with E-state index in [9.17, 15) is 9.59 Å². The summed E-state index contributed by atoms with van der Waals surface area (Å²) in [5.74, 6) is -1.68. The van der Waals surface area contributed by atoms with Crippen molar-refractivity contribution in [3.63, 3.8) is 0 Å². The fourth-order valence-electron chi connectivity index (χ4n) is 1.81. The molecule has 2 atom stereocenters. The topological polar surface area (TPSA) is 66.4 Å². The summed E-state index contributed by atoms with van der Waals surface area (Å²) < 4.78 is 0. The molecular weight excluding hydrogens is 170 g/mol. The minimum Gasteiger partial charge on any atom is -0.474 e. The van der Waals surface area contributed by atoms with E-state index in [-0.39, 0.29) is 6.04 Å². The molecule has 0 bridgehead atoms. The average Bonchev–Trinajstić information content (AvgIpc) is 2.04. The maximum atomic E-state index is 10.8. The smallest absolute Gasteiger partial charge is 0.394 e. The van der Waals surface area contributed by atoms with E-state index in [2.05, 4.69) is 12.2 Å². The molecule has 1 rings (SSSR count). The van der Waals surface area contributed by atoms with Crippen LogP contribution in [0.3, 0.4) is 0 Å². The Kier molecular flexibility index (Phi) is 3.28. The first kappa shape index (κ1) is 10.0. The second-order valence-electron chi connectivity index (χ2n) is 3.75. The van der Waals surface area contributed by atoms with Gasteiger partial charge in [0.05, 0.1) is 0 Å². The summed E-state index contributed by atoms with van der Waals surface area (Å²) in [5, 5.41) is 10.9. The molecule has 1 saturated carbocycles. The molecule has 0 aromatic rings. The van der Waals surface area contributed by atoms with Crippen LogP contribution in [0.4, 0.5) is 0 Å². The van der Waals surface area contributed by atoms with Crippen LogP contribution in [-0.2, 0) is 9.59 Å². The highest BCUT2D eigenvalue weighted by molar-refractivity contribution is 6.31. The molecule has 74 valence electrons. The van der Waals surface area contributed by atoms with Crippen LogP contribution in [0.25, 0.3) is 0 Å². The minimum absolute atomic E-state index is 0.0624. The van der Waals surface area contributed by atoms with Crippen molar-refractivity contribution in [3.05, 3.63) is 0 Å². The largest absolute Gasteiger partial charge is 0.474 e. The van der Waals surface area contributed by atoms with E-state index in [1.165, 1.54) is 6.42 Å². The number of aliphatic carboxylic acids is 1. The van der Waals surface area contributed by atoms with Crippen LogP contribution in [0.5, 0.6) is 0 Å². The molecule has 2 N–H and O–H groups in total.